The molecule has 1 aromatic heterocycles. The maximum Gasteiger partial charge on any atom is 0.255 e. The zero-order valence-corrected chi connectivity index (χ0v) is 9.40. The van der Waals surface area contributed by atoms with Gasteiger partial charge in [-0.25, -0.2) is 0 Å². The van der Waals surface area contributed by atoms with Crippen molar-refractivity contribution >= 4 is 16.8 Å². The van der Waals surface area contributed by atoms with Crippen molar-refractivity contribution in [3.8, 4) is 0 Å². The van der Waals surface area contributed by atoms with Crippen LogP contribution in [0.15, 0.2) is 30.5 Å². The van der Waals surface area contributed by atoms with E-state index in [1.54, 1.807) is 6.20 Å². The molecule has 0 bridgehead atoms. The number of carbonyl (C=O) groups is 1. The van der Waals surface area contributed by atoms with Crippen LogP contribution < -0.4 is 5.32 Å². The van der Waals surface area contributed by atoms with Gasteiger partial charge >= 0.3 is 0 Å². The Balaban J connectivity index is 1.85. The molecule has 4 heteroatoms. The molecule has 1 unspecified atom stereocenters. The Bertz CT molecular complexity index is 541. The molecule has 4 nitrogen and oxygen atoms in total. The van der Waals surface area contributed by atoms with Gasteiger partial charge in [-0.15, -0.1) is 0 Å². The molecule has 0 saturated carbocycles. The third-order valence-electron chi connectivity index (χ3n) is 3.06. The van der Waals surface area contributed by atoms with Gasteiger partial charge in [-0.05, 0) is 18.9 Å². The first-order chi connectivity index (χ1) is 8.34. The van der Waals surface area contributed by atoms with Gasteiger partial charge < -0.3 is 15.0 Å². The van der Waals surface area contributed by atoms with Crippen LogP contribution in [0.1, 0.15) is 23.2 Å². The lowest BCUT2D eigenvalue weighted by Gasteiger charge is -2.10. The molecule has 1 amide bonds. The Morgan fingerprint density at radius 2 is 2.29 bits per heavy atom. The minimum Gasteiger partial charge on any atom is -0.360 e. The topological polar surface area (TPSA) is 54.1 Å². The van der Waals surface area contributed by atoms with E-state index in [1.807, 2.05) is 24.3 Å². The summed E-state index contributed by atoms with van der Waals surface area (Å²) in [5.41, 5.74) is 1.65. The summed E-state index contributed by atoms with van der Waals surface area (Å²) in [5.74, 6) is -0.0747. The molecular weight excluding hydrogens is 216 g/mol. The van der Waals surface area contributed by atoms with Gasteiger partial charge in [-0.3, -0.25) is 4.79 Å². The Morgan fingerprint density at radius 1 is 1.41 bits per heavy atom. The molecule has 1 saturated heterocycles. The van der Waals surface area contributed by atoms with Crippen molar-refractivity contribution in [2.75, 3.05) is 6.61 Å². The molecule has 0 radical (unpaired) electrons. The quantitative estimate of drug-likeness (QED) is 0.829. The van der Waals surface area contributed by atoms with E-state index in [0.717, 1.165) is 30.4 Å². The number of hydrogen-bond donors (Lipinski definition) is 2. The van der Waals surface area contributed by atoms with Crippen molar-refractivity contribution < 1.29 is 9.53 Å². The number of para-hydroxylation sites is 1. The van der Waals surface area contributed by atoms with Crippen molar-refractivity contribution in [3.63, 3.8) is 0 Å². The van der Waals surface area contributed by atoms with Crippen LogP contribution in [-0.2, 0) is 4.74 Å². The van der Waals surface area contributed by atoms with Crippen LogP contribution >= 0.6 is 0 Å². The maximum atomic E-state index is 12.1. The minimum atomic E-state index is -0.129. The zero-order chi connectivity index (χ0) is 11.7. The van der Waals surface area contributed by atoms with Crippen molar-refractivity contribution in [2.45, 2.75) is 19.1 Å². The first-order valence-corrected chi connectivity index (χ1v) is 5.83. The van der Waals surface area contributed by atoms with E-state index in [9.17, 15) is 4.79 Å². The van der Waals surface area contributed by atoms with Crippen molar-refractivity contribution in [3.05, 3.63) is 36.0 Å². The van der Waals surface area contributed by atoms with Crippen LogP contribution in [0, 0.1) is 0 Å². The molecule has 1 aliphatic heterocycles. The number of aromatic nitrogens is 1. The van der Waals surface area contributed by atoms with Gasteiger partial charge in [-0.1, -0.05) is 18.2 Å². The second-order valence-corrected chi connectivity index (χ2v) is 4.22. The Kier molecular flexibility index (Phi) is 2.57. The van der Waals surface area contributed by atoms with E-state index in [4.69, 9.17) is 4.74 Å². The normalized spacial score (nSPS) is 19.6. The average Bonchev–Trinajstić information content (AvgIpc) is 2.96. The number of H-pyrrole nitrogens is 1. The standard InChI is InChI=1S/C13H14N2O2/c16-13(15-12-6-3-7-17-12)10-8-14-11-5-2-1-4-9(10)11/h1-2,4-5,8,12,14H,3,6-7H2,(H,15,16). The summed E-state index contributed by atoms with van der Waals surface area (Å²) in [7, 11) is 0. The second-order valence-electron chi connectivity index (χ2n) is 4.22. The molecule has 1 aromatic carbocycles. The third-order valence-corrected chi connectivity index (χ3v) is 3.06. The molecule has 88 valence electrons. The van der Waals surface area contributed by atoms with Gasteiger partial charge in [0, 0.05) is 23.7 Å². The first-order valence-electron chi connectivity index (χ1n) is 5.83. The fraction of sp³-hybridized carbons (Fsp3) is 0.308. The van der Waals surface area contributed by atoms with Gasteiger partial charge in [0.05, 0.1) is 5.56 Å². The highest BCUT2D eigenvalue weighted by atomic mass is 16.5. The summed E-state index contributed by atoms with van der Waals surface area (Å²) in [5, 5.41) is 3.84. The van der Waals surface area contributed by atoms with Crippen LogP contribution in [0.25, 0.3) is 10.9 Å². The number of hydrogen-bond acceptors (Lipinski definition) is 2. The van der Waals surface area contributed by atoms with Crippen LogP contribution in [0.3, 0.4) is 0 Å². The Morgan fingerprint density at radius 3 is 3.12 bits per heavy atom. The average molecular weight is 230 g/mol. The molecule has 1 aliphatic rings. The predicted molar refractivity (Wildman–Crippen MR) is 64.7 cm³/mol. The Hall–Kier alpha value is -1.81. The van der Waals surface area contributed by atoms with E-state index in [-0.39, 0.29) is 12.1 Å². The van der Waals surface area contributed by atoms with Crippen LogP contribution in [-0.4, -0.2) is 23.7 Å². The molecule has 1 atom stereocenters. The molecule has 1 fully saturated rings. The summed E-state index contributed by atoms with van der Waals surface area (Å²) in [6, 6.07) is 7.77. The number of rotatable bonds is 2. The van der Waals surface area contributed by atoms with E-state index >= 15 is 0 Å². The first kappa shape index (κ1) is 10.4. The Labute approximate surface area is 99.0 Å². The SMILES string of the molecule is O=C(NC1CCCO1)c1c[nH]c2ccccc12. The fourth-order valence-electron chi connectivity index (χ4n) is 2.17. The molecule has 17 heavy (non-hydrogen) atoms. The highest BCUT2D eigenvalue weighted by molar-refractivity contribution is 6.06. The highest BCUT2D eigenvalue weighted by Crippen LogP contribution is 2.18. The maximum absolute atomic E-state index is 12.1. The number of aromatic amines is 1. The van der Waals surface area contributed by atoms with Gasteiger partial charge in [0.2, 0.25) is 0 Å². The van der Waals surface area contributed by atoms with Gasteiger partial charge in [0.1, 0.15) is 6.23 Å². The van der Waals surface area contributed by atoms with Gasteiger partial charge in [0.25, 0.3) is 5.91 Å². The molecule has 0 aliphatic carbocycles. The largest absolute Gasteiger partial charge is 0.360 e. The van der Waals surface area contributed by atoms with E-state index < -0.39 is 0 Å². The third kappa shape index (κ3) is 1.91. The monoisotopic (exact) mass is 230 g/mol. The van der Waals surface area contributed by atoms with E-state index in [0.29, 0.717) is 5.56 Å². The van der Waals surface area contributed by atoms with Crippen LogP contribution in [0.5, 0.6) is 0 Å². The summed E-state index contributed by atoms with van der Waals surface area (Å²) >= 11 is 0. The summed E-state index contributed by atoms with van der Waals surface area (Å²) in [6.07, 6.45) is 3.53. The number of amides is 1. The van der Waals surface area contributed by atoms with Gasteiger partial charge in [-0.2, -0.15) is 0 Å². The fourth-order valence-corrected chi connectivity index (χ4v) is 2.17. The number of carbonyl (C=O) groups excluding carboxylic acids is 1. The molecular formula is C13H14N2O2. The number of fused-ring (bicyclic) bond motifs is 1. The zero-order valence-electron chi connectivity index (χ0n) is 9.40. The lowest BCUT2D eigenvalue weighted by molar-refractivity contribution is 0.0641. The molecule has 3 rings (SSSR count). The van der Waals surface area contributed by atoms with Crippen molar-refractivity contribution in [1.82, 2.24) is 10.3 Å². The summed E-state index contributed by atoms with van der Waals surface area (Å²) < 4.78 is 5.39. The van der Waals surface area contributed by atoms with Gasteiger partial charge in [0.15, 0.2) is 0 Å². The van der Waals surface area contributed by atoms with Crippen LogP contribution in [0.4, 0.5) is 0 Å². The summed E-state index contributed by atoms with van der Waals surface area (Å²) in [4.78, 5) is 15.2. The molecule has 2 aromatic rings. The molecule has 0 spiro atoms. The van der Waals surface area contributed by atoms with Crippen molar-refractivity contribution in [1.29, 1.82) is 0 Å². The van der Waals surface area contributed by atoms with Crippen molar-refractivity contribution in [2.24, 2.45) is 0 Å². The number of ether oxygens (including phenoxy) is 1. The molecule has 2 N–H and O–H groups in total. The smallest absolute Gasteiger partial charge is 0.255 e. The predicted octanol–water partition coefficient (Wildman–Crippen LogP) is 2.03. The highest BCUT2D eigenvalue weighted by Gasteiger charge is 2.19. The lowest BCUT2D eigenvalue weighted by Crippen LogP contribution is -2.33. The number of nitrogens with one attached hydrogen (secondary N) is 2. The van der Waals surface area contributed by atoms with E-state index in [2.05, 4.69) is 10.3 Å². The van der Waals surface area contributed by atoms with E-state index in [1.165, 1.54) is 0 Å². The second kappa shape index (κ2) is 4.22. The molecule has 2 heterocycles. The summed E-state index contributed by atoms with van der Waals surface area (Å²) in [6.45, 7) is 0.735. The minimum absolute atomic E-state index is 0.0747. The lowest BCUT2D eigenvalue weighted by atomic mass is 10.1. The van der Waals surface area contributed by atoms with Crippen LogP contribution in [0.2, 0.25) is 0 Å². The number of benzene rings is 1.